The normalized spacial score (nSPS) is 10.4. The molecule has 0 bridgehead atoms. The Labute approximate surface area is 124 Å². The summed E-state index contributed by atoms with van der Waals surface area (Å²) < 4.78 is 10.4. The number of rotatable bonds is 5. The molecule has 0 radical (unpaired) electrons. The van der Waals surface area contributed by atoms with E-state index in [4.69, 9.17) is 9.26 Å². The molecule has 1 aromatic carbocycles. The van der Waals surface area contributed by atoms with E-state index in [2.05, 4.69) is 30.9 Å². The van der Waals surface area contributed by atoms with Gasteiger partial charge in [-0.1, -0.05) is 5.16 Å². The van der Waals surface area contributed by atoms with Crippen LogP contribution in [0.5, 0.6) is 5.75 Å². The fourth-order valence-corrected chi connectivity index (χ4v) is 1.69. The summed E-state index contributed by atoms with van der Waals surface area (Å²) in [6.45, 7) is 1.92. The van der Waals surface area contributed by atoms with Gasteiger partial charge in [0.1, 0.15) is 5.75 Å². The third-order valence-electron chi connectivity index (χ3n) is 2.70. The lowest BCUT2D eigenvalue weighted by molar-refractivity contribution is 0.102. The van der Waals surface area contributed by atoms with Crippen molar-refractivity contribution < 1.29 is 14.1 Å². The SMILES string of the molecule is Cc1nc(COc2ccc(NC(=O)c3cn[nH]n3)cc2)no1. The molecule has 112 valence electrons. The zero-order chi connectivity index (χ0) is 15.4. The summed E-state index contributed by atoms with van der Waals surface area (Å²) in [5.41, 5.74) is 0.837. The van der Waals surface area contributed by atoms with E-state index in [0.717, 1.165) is 0 Å². The predicted octanol–water partition coefficient (Wildman–Crippen LogP) is 1.33. The lowest BCUT2D eigenvalue weighted by Crippen LogP contribution is -2.12. The van der Waals surface area contributed by atoms with Crippen molar-refractivity contribution in [3.05, 3.63) is 47.9 Å². The van der Waals surface area contributed by atoms with E-state index in [9.17, 15) is 4.79 Å². The van der Waals surface area contributed by atoms with Crippen molar-refractivity contribution in [2.24, 2.45) is 0 Å². The number of hydrogen-bond donors (Lipinski definition) is 2. The molecule has 0 atom stereocenters. The second-order valence-corrected chi connectivity index (χ2v) is 4.35. The van der Waals surface area contributed by atoms with Gasteiger partial charge in [0, 0.05) is 12.6 Å². The number of anilines is 1. The number of carbonyl (C=O) groups excluding carboxylic acids is 1. The Balaban J connectivity index is 1.57. The Bertz CT molecular complexity index is 750. The molecule has 9 heteroatoms. The Morgan fingerprint density at radius 2 is 2.18 bits per heavy atom. The molecule has 2 aromatic heterocycles. The van der Waals surface area contributed by atoms with E-state index in [-0.39, 0.29) is 18.2 Å². The van der Waals surface area contributed by atoms with E-state index in [1.165, 1.54) is 6.20 Å². The van der Waals surface area contributed by atoms with Crippen molar-refractivity contribution in [1.29, 1.82) is 0 Å². The van der Waals surface area contributed by atoms with Crippen molar-refractivity contribution in [2.75, 3.05) is 5.32 Å². The first-order valence-electron chi connectivity index (χ1n) is 6.40. The minimum atomic E-state index is -0.343. The molecule has 0 aliphatic heterocycles. The number of nitrogens with one attached hydrogen (secondary N) is 2. The zero-order valence-corrected chi connectivity index (χ0v) is 11.6. The quantitative estimate of drug-likeness (QED) is 0.729. The van der Waals surface area contributed by atoms with Crippen LogP contribution in [0.3, 0.4) is 0 Å². The largest absolute Gasteiger partial charge is 0.485 e. The first-order chi connectivity index (χ1) is 10.7. The molecule has 9 nitrogen and oxygen atoms in total. The zero-order valence-electron chi connectivity index (χ0n) is 11.6. The van der Waals surface area contributed by atoms with Gasteiger partial charge in [-0.15, -0.1) is 0 Å². The van der Waals surface area contributed by atoms with Crippen LogP contribution in [0.25, 0.3) is 0 Å². The summed E-state index contributed by atoms with van der Waals surface area (Å²) in [7, 11) is 0. The number of H-pyrrole nitrogens is 1. The van der Waals surface area contributed by atoms with Crippen LogP contribution in [0.15, 0.2) is 35.0 Å². The van der Waals surface area contributed by atoms with Crippen molar-refractivity contribution >= 4 is 11.6 Å². The summed E-state index contributed by atoms with van der Waals surface area (Å²) in [6, 6.07) is 6.89. The Hall–Kier alpha value is -3.23. The molecule has 1 amide bonds. The van der Waals surface area contributed by atoms with Crippen LogP contribution in [-0.2, 0) is 6.61 Å². The van der Waals surface area contributed by atoms with Crippen LogP contribution >= 0.6 is 0 Å². The van der Waals surface area contributed by atoms with Gasteiger partial charge in [-0.2, -0.15) is 20.4 Å². The molecule has 0 saturated carbocycles. The number of nitrogens with zero attached hydrogens (tertiary/aromatic N) is 4. The average Bonchev–Trinajstić information content (AvgIpc) is 3.18. The first kappa shape index (κ1) is 13.7. The molecule has 0 aliphatic carbocycles. The molecule has 0 spiro atoms. The van der Waals surface area contributed by atoms with Crippen molar-refractivity contribution in [1.82, 2.24) is 25.6 Å². The maximum Gasteiger partial charge on any atom is 0.277 e. The van der Waals surface area contributed by atoms with Crippen LogP contribution in [0.1, 0.15) is 22.2 Å². The fourth-order valence-electron chi connectivity index (χ4n) is 1.69. The maximum atomic E-state index is 11.8. The van der Waals surface area contributed by atoms with E-state index < -0.39 is 0 Å². The number of amides is 1. The number of benzene rings is 1. The molecule has 0 unspecified atom stereocenters. The van der Waals surface area contributed by atoms with Crippen LogP contribution in [0, 0.1) is 6.92 Å². The van der Waals surface area contributed by atoms with Crippen LogP contribution in [-0.4, -0.2) is 31.5 Å². The average molecular weight is 300 g/mol. The van der Waals surface area contributed by atoms with Crippen LogP contribution in [0.2, 0.25) is 0 Å². The number of aromatic nitrogens is 5. The van der Waals surface area contributed by atoms with Crippen LogP contribution in [0.4, 0.5) is 5.69 Å². The molecule has 0 fully saturated rings. The topological polar surface area (TPSA) is 119 Å². The monoisotopic (exact) mass is 300 g/mol. The van der Waals surface area contributed by atoms with Gasteiger partial charge in [0.15, 0.2) is 12.3 Å². The lowest BCUT2D eigenvalue weighted by Gasteiger charge is -2.06. The summed E-state index contributed by atoms with van der Waals surface area (Å²) in [5.74, 6) is 1.25. The van der Waals surface area contributed by atoms with Gasteiger partial charge in [-0.3, -0.25) is 4.79 Å². The number of carbonyl (C=O) groups is 1. The third kappa shape index (κ3) is 3.26. The molecular formula is C13H12N6O3. The molecule has 2 heterocycles. The lowest BCUT2D eigenvalue weighted by atomic mass is 10.3. The number of ether oxygens (including phenoxy) is 1. The van der Waals surface area contributed by atoms with Gasteiger partial charge in [0.05, 0.1) is 6.20 Å². The minimum absolute atomic E-state index is 0.210. The molecule has 2 N–H and O–H groups in total. The molecule has 22 heavy (non-hydrogen) atoms. The van der Waals surface area contributed by atoms with Gasteiger partial charge >= 0.3 is 0 Å². The second kappa shape index (κ2) is 6.04. The summed E-state index contributed by atoms with van der Waals surface area (Å²) in [6.07, 6.45) is 1.35. The highest BCUT2D eigenvalue weighted by Gasteiger charge is 2.09. The van der Waals surface area contributed by atoms with E-state index in [1.807, 2.05) is 0 Å². The maximum absolute atomic E-state index is 11.8. The molecule has 0 saturated heterocycles. The summed E-state index contributed by atoms with van der Waals surface area (Å²) in [5, 5.41) is 16.1. The smallest absolute Gasteiger partial charge is 0.277 e. The van der Waals surface area contributed by atoms with Gasteiger partial charge < -0.3 is 14.6 Å². The molecule has 3 aromatic rings. The second-order valence-electron chi connectivity index (χ2n) is 4.35. The fraction of sp³-hybridized carbons (Fsp3) is 0.154. The van der Waals surface area contributed by atoms with E-state index >= 15 is 0 Å². The molecular weight excluding hydrogens is 288 g/mol. The van der Waals surface area contributed by atoms with E-state index in [1.54, 1.807) is 31.2 Å². The number of aryl methyl sites for hydroxylation is 1. The molecule has 0 aliphatic rings. The summed E-state index contributed by atoms with van der Waals surface area (Å²) in [4.78, 5) is 15.8. The third-order valence-corrected chi connectivity index (χ3v) is 2.70. The van der Waals surface area contributed by atoms with Gasteiger partial charge in [-0.25, -0.2) is 0 Å². The standard InChI is InChI=1S/C13H12N6O3/c1-8-15-12(18-22-8)7-21-10-4-2-9(3-5-10)16-13(20)11-6-14-19-17-11/h2-6H,7H2,1H3,(H,16,20)(H,14,17,19). The van der Waals surface area contributed by atoms with Gasteiger partial charge in [-0.05, 0) is 24.3 Å². The highest BCUT2D eigenvalue weighted by molar-refractivity contribution is 6.02. The molecule has 3 rings (SSSR count). The van der Waals surface area contributed by atoms with Gasteiger partial charge in [0.25, 0.3) is 5.91 Å². The summed E-state index contributed by atoms with van der Waals surface area (Å²) >= 11 is 0. The first-order valence-corrected chi connectivity index (χ1v) is 6.40. The Morgan fingerprint density at radius 3 is 2.82 bits per heavy atom. The van der Waals surface area contributed by atoms with Crippen LogP contribution < -0.4 is 10.1 Å². The van der Waals surface area contributed by atoms with Crippen molar-refractivity contribution in [3.63, 3.8) is 0 Å². The van der Waals surface area contributed by atoms with E-state index in [0.29, 0.717) is 23.2 Å². The number of aromatic amines is 1. The predicted molar refractivity (Wildman–Crippen MR) is 74.1 cm³/mol. The minimum Gasteiger partial charge on any atom is -0.485 e. The van der Waals surface area contributed by atoms with Gasteiger partial charge in [0.2, 0.25) is 11.7 Å². The Kier molecular flexibility index (Phi) is 3.77. The highest BCUT2D eigenvalue weighted by Crippen LogP contribution is 2.17. The van der Waals surface area contributed by atoms with Crippen molar-refractivity contribution in [3.8, 4) is 5.75 Å². The highest BCUT2D eigenvalue weighted by atomic mass is 16.5. The van der Waals surface area contributed by atoms with Crippen molar-refractivity contribution in [2.45, 2.75) is 13.5 Å². The Morgan fingerprint density at radius 1 is 1.36 bits per heavy atom. The number of hydrogen-bond acceptors (Lipinski definition) is 7.